The number of rotatable bonds is 3. The first-order chi connectivity index (χ1) is 6.18. The van der Waals surface area contributed by atoms with Crippen LogP contribution < -0.4 is 5.84 Å². The Labute approximate surface area is 78.4 Å². The third-order valence-electron chi connectivity index (χ3n) is 2.12. The Hall–Kier alpha value is -0.650. The molecule has 2 N–H and O–H groups in total. The standard InChI is InChI=1S/C8H17N3O2/c1-8(12)13-7-6-10-2-4-11(9)5-3-10/h2-7,9H2,1H3. The van der Waals surface area contributed by atoms with Crippen LogP contribution in [0.1, 0.15) is 6.92 Å². The zero-order chi connectivity index (χ0) is 9.68. The van der Waals surface area contributed by atoms with Gasteiger partial charge in [0.05, 0.1) is 0 Å². The Morgan fingerprint density at radius 1 is 1.38 bits per heavy atom. The highest BCUT2D eigenvalue weighted by Crippen LogP contribution is 1.96. The van der Waals surface area contributed by atoms with Gasteiger partial charge in [0.2, 0.25) is 0 Å². The summed E-state index contributed by atoms with van der Waals surface area (Å²) < 4.78 is 4.85. The van der Waals surface area contributed by atoms with E-state index in [4.69, 9.17) is 10.6 Å². The highest BCUT2D eigenvalue weighted by Gasteiger charge is 2.13. The summed E-state index contributed by atoms with van der Waals surface area (Å²) in [5.41, 5.74) is 0. The lowest BCUT2D eigenvalue weighted by molar-refractivity contribution is -0.141. The smallest absolute Gasteiger partial charge is 0.302 e. The average Bonchev–Trinajstić information content (AvgIpc) is 2.08. The molecule has 1 rings (SSSR count). The number of carbonyl (C=O) groups excluding carboxylic acids is 1. The van der Waals surface area contributed by atoms with Crippen molar-refractivity contribution in [2.45, 2.75) is 6.92 Å². The Balaban J connectivity index is 2.05. The van der Waals surface area contributed by atoms with Gasteiger partial charge in [-0.3, -0.25) is 15.5 Å². The summed E-state index contributed by atoms with van der Waals surface area (Å²) in [5.74, 6) is 5.38. The van der Waals surface area contributed by atoms with Crippen LogP contribution in [0.5, 0.6) is 0 Å². The summed E-state index contributed by atoms with van der Waals surface area (Å²) in [6.45, 7) is 6.42. The van der Waals surface area contributed by atoms with Gasteiger partial charge in [0.1, 0.15) is 6.61 Å². The number of ether oxygens (including phenoxy) is 1. The zero-order valence-corrected chi connectivity index (χ0v) is 8.03. The van der Waals surface area contributed by atoms with Crippen molar-refractivity contribution >= 4 is 5.97 Å². The molecule has 0 aromatic carbocycles. The lowest BCUT2D eigenvalue weighted by atomic mass is 10.3. The van der Waals surface area contributed by atoms with Gasteiger partial charge < -0.3 is 4.74 Å². The highest BCUT2D eigenvalue weighted by atomic mass is 16.5. The molecule has 0 aromatic rings. The van der Waals surface area contributed by atoms with E-state index >= 15 is 0 Å². The summed E-state index contributed by atoms with van der Waals surface area (Å²) in [5, 5.41) is 1.81. The molecule has 1 fully saturated rings. The van der Waals surface area contributed by atoms with Crippen molar-refractivity contribution in [3.8, 4) is 0 Å². The molecule has 5 heteroatoms. The molecule has 1 heterocycles. The Morgan fingerprint density at radius 2 is 2.00 bits per heavy atom. The number of hydrazine groups is 1. The number of esters is 1. The van der Waals surface area contributed by atoms with Crippen LogP contribution >= 0.6 is 0 Å². The van der Waals surface area contributed by atoms with E-state index in [1.165, 1.54) is 6.92 Å². The summed E-state index contributed by atoms with van der Waals surface area (Å²) in [6.07, 6.45) is 0. The minimum atomic E-state index is -0.211. The van der Waals surface area contributed by atoms with Gasteiger partial charge in [-0.15, -0.1) is 0 Å². The maximum absolute atomic E-state index is 10.5. The lowest BCUT2D eigenvalue weighted by Crippen LogP contribution is -2.50. The Morgan fingerprint density at radius 3 is 2.54 bits per heavy atom. The van der Waals surface area contributed by atoms with Crippen molar-refractivity contribution in [3.63, 3.8) is 0 Å². The monoisotopic (exact) mass is 187 g/mol. The molecule has 1 saturated heterocycles. The van der Waals surface area contributed by atoms with Gasteiger partial charge in [-0.05, 0) is 0 Å². The van der Waals surface area contributed by atoms with Gasteiger partial charge in [-0.1, -0.05) is 0 Å². The quantitative estimate of drug-likeness (QED) is 0.455. The number of carbonyl (C=O) groups is 1. The molecule has 0 spiro atoms. The van der Waals surface area contributed by atoms with Crippen LogP contribution in [0, 0.1) is 0 Å². The second-order valence-corrected chi connectivity index (χ2v) is 3.22. The Bertz CT molecular complexity index is 167. The van der Waals surface area contributed by atoms with E-state index < -0.39 is 0 Å². The SMILES string of the molecule is CC(=O)OCCN1CCN(N)CC1. The molecular formula is C8H17N3O2. The van der Waals surface area contributed by atoms with Crippen LogP contribution in [0.25, 0.3) is 0 Å². The third kappa shape index (κ3) is 4.21. The summed E-state index contributed by atoms with van der Waals surface area (Å²) in [7, 11) is 0. The predicted octanol–water partition coefficient (Wildman–Crippen LogP) is -0.959. The molecule has 0 unspecified atom stereocenters. The second kappa shape index (κ2) is 5.16. The number of hydrogen-bond acceptors (Lipinski definition) is 5. The topological polar surface area (TPSA) is 58.8 Å². The van der Waals surface area contributed by atoms with Crippen LogP contribution in [0.15, 0.2) is 0 Å². The highest BCUT2D eigenvalue weighted by molar-refractivity contribution is 5.65. The van der Waals surface area contributed by atoms with Crippen LogP contribution in [0.4, 0.5) is 0 Å². The van der Waals surface area contributed by atoms with Crippen molar-refractivity contribution in [3.05, 3.63) is 0 Å². The molecular weight excluding hydrogens is 170 g/mol. The van der Waals surface area contributed by atoms with E-state index in [9.17, 15) is 4.79 Å². The first kappa shape index (κ1) is 10.4. The fraction of sp³-hybridized carbons (Fsp3) is 0.875. The van der Waals surface area contributed by atoms with Gasteiger partial charge in [0.15, 0.2) is 0 Å². The molecule has 76 valence electrons. The van der Waals surface area contributed by atoms with E-state index in [1.807, 2.05) is 5.01 Å². The van der Waals surface area contributed by atoms with Gasteiger partial charge >= 0.3 is 5.97 Å². The molecule has 0 aromatic heterocycles. The maximum Gasteiger partial charge on any atom is 0.302 e. The summed E-state index contributed by atoms with van der Waals surface area (Å²) >= 11 is 0. The molecule has 1 aliphatic heterocycles. The average molecular weight is 187 g/mol. The van der Waals surface area contributed by atoms with Crippen molar-refractivity contribution in [1.29, 1.82) is 0 Å². The number of hydrogen-bond donors (Lipinski definition) is 1. The van der Waals surface area contributed by atoms with Crippen LogP contribution in [-0.2, 0) is 9.53 Å². The molecule has 0 aliphatic carbocycles. The van der Waals surface area contributed by atoms with Crippen molar-refractivity contribution in [2.75, 3.05) is 39.3 Å². The second-order valence-electron chi connectivity index (χ2n) is 3.22. The molecule has 13 heavy (non-hydrogen) atoms. The zero-order valence-electron chi connectivity index (χ0n) is 8.03. The molecule has 5 nitrogen and oxygen atoms in total. The van der Waals surface area contributed by atoms with E-state index in [1.54, 1.807) is 0 Å². The van der Waals surface area contributed by atoms with Crippen molar-refractivity contribution in [2.24, 2.45) is 5.84 Å². The fourth-order valence-electron chi connectivity index (χ4n) is 1.31. The molecule has 0 saturated carbocycles. The largest absolute Gasteiger partial charge is 0.465 e. The van der Waals surface area contributed by atoms with Gasteiger partial charge in [-0.2, -0.15) is 0 Å². The van der Waals surface area contributed by atoms with E-state index in [2.05, 4.69) is 4.90 Å². The van der Waals surface area contributed by atoms with Gasteiger partial charge in [0, 0.05) is 39.6 Å². The number of nitrogens with zero attached hydrogens (tertiary/aromatic N) is 2. The first-order valence-electron chi connectivity index (χ1n) is 4.54. The van der Waals surface area contributed by atoms with E-state index in [0.29, 0.717) is 6.61 Å². The normalized spacial score (nSPS) is 20.2. The van der Waals surface area contributed by atoms with Crippen LogP contribution in [0.3, 0.4) is 0 Å². The van der Waals surface area contributed by atoms with Gasteiger partial charge in [-0.25, -0.2) is 5.01 Å². The first-order valence-corrected chi connectivity index (χ1v) is 4.54. The third-order valence-corrected chi connectivity index (χ3v) is 2.12. The maximum atomic E-state index is 10.5. The number of piperazine rings is 1. The summed E-state index contributed by atoms with van der Waals surface area (Å²) in [4.78, 5) is 12.7. The number of nitrogens with two attached hydrogens (primary N) is 1. The van der Waals surface area contributed by atoms with Crippen molar-refractivity contribution in [1.82, 2.24) is 9.91 Å². The molecule has 0 amide bonds. The molecule has 0 atom stereocenters. The van der Waals surface area contributed by atoms with Crippen LogP contribution in [0.2, 0.25) is 0 Å². The lowest BCUT2D eigenvalue weighted by Gasteiger charge is -2.31. The minimum absolute atomic E-state index is 0.211. The molecule has 0 radical (unpaired) electrons. The molecule has 0 bridgehead atoms. The Kier molecular flexibility index (Phi) is 4.14. The van der Waals surface area contributed by atoms with Gasteiger partial charge in [0.25, 0.3) is 0 Å². The van der Waals surface area contributed by atoms with E-state index in [-0.39, 0.29) is 5.97 Å². The predicted molar refractivity (Wildman–Crippen MR) is 48.8 cm³/mol. The van der Waals surface area contributed by atoms with Crippen LogP contribution in [-0.4, -0.2) is 55.2 Å². The fourth-order valence-corrected chi connectivity index (χ4v) is 1.31. The minimum Gasteiger partial charge on any atom is -0.465 e. The molecule has 1 aliphatic rings. The van der Waals surface area contributed by atoms with E-state index in [0.717, 1.165) is 32.7 Å². The van der Waals surface area contributed by atoms with Crippen molar-refractivity contribution < 1.29 is 9.53 Å². The summed E-state index contributed by atoms with van der Waals surface area (Å²) in [6, 6.07) is 0.